The second-order valence-electron chi connectivity index (χ2n) is 5.33. The van der Waals surface area contributed by atoms with Crippen molar-refractivity contribution in [3.63, 3.8) is 0 Å². The highest BCUT2D eigenvalue weighted by atomic mass is 35.5. The number of rotatable bonds is 3. The molecule has 0 bridgehead atoms. The molecule has 3 nitrogen and oxygen atoms in total. The third-order valence-corrected chi connectivity index (χ3v) is 4.40. The third-order valence-electron chi connectivity index (χ3n) is 4.15. The van der Waals surface area contributed by atoms with E-state index in [0.29, 0.717) is 10.6 Å². The number of carbonyl (C=O) groups is 1. The Kier molecular flexibility index (Phi) is 3.45. The smallest absolute Gasteiger partial charge is 0.169 e. The van der Waals surface area contributed by atoms with Crippen LogP contribution in [0.1, 0.15) is 21.8 Å². The van der Waals surface area contributed by atoms with Crippen molar-refractivity contribution >= 4 is 17.4 Å². The van der Waals surface area contributed by atoms with Gasteiger partial charge in [-0.05, 0) is 17.7 Å². The predicted octanol–water partition coefficient (Wildman–Crippen LogP) is 3.97. The molecule has 22 heavy (non-hydrogen) atoms. The van der Waals surface area contributed by atoms with Crippen LogP contribution >= 0.6 is 11.6 Å². The molecule has 1 aliphatic rings. The Balaban J connectivity index is 2.00. The minimum absolute atomic E-state index is 0.163. The highest BCUT2D eigenvalue weighted by Gasteiger charge is 2.70. The molecule has 1 aliphatic carbocycles. The van der Waals surface area contributed by atoms with Crippen molar-refractivity contribution < 1.29 is 4.79 Å². The fourth-order valence-corrected chi connectivity index (χ4v) is 3.08. The van der Waals surface area contributed by atoms with Gasteiger partial charge < -0.3 is 0 Å². The monoisotopic (exact) mass is 306 g/mol. The standard InChI is InChI=1S/C18H11ClN2O/c19-14-8-6-12(7-9-14)15-16(18(15,10-20)11-21)17(22)13-4-2-1-3-5-13/h1-9,15-16H/t15-,16+/m1/s1. The van der Waals surface area contributed by atoms with Gasteiger partial charge in [0.25, 0.3) is 0 Å². The molecule has 0 radical (unpaired) electrons. The van der Waals surface area contributed by atoms with Gasteiger partial charge in [-0.15, -0.1) is 0 Å². The molecule has 0 aliphatic heterocycles. The van der Waals surface area contributed by atoms with E-state index in [1.807, 2.05) is 6.07 Å². The lowest BCUT2D eigenvalue weighted by atomic mass is 10.0. The van der Waals surface area contributed by atoms with Crippen molar-refractivity contribution in [1.29, 1.82) is 10.5 Å². The van der Waals surface area contributed by atoms with Crippen molar-refractivity contribution in [3.8, 4) is 12.1 Å². The van der Waals surface area contributed by atoms with Crippen LogP contribution in [0.4, 0.5) is 0 Å². The molecule has 106 valence electrons. The highest BCUT2D eigenvalue weighted by Crippen LogP contribution is 2.65. The van der Waals surface area contributed by atoms with Gasteiger partial charge in [-0.3, -0.25) is 4.79 Å². The quantitative estimate of drug-likeness (QED) is 0.806. The zero-order valence-electron chi connectivity index (χ0n) is 11.5. The Hall–Kier alpha value is -2.62. The molecule has 1 saturated carbocycles. The van der Waals surface area contributed by atoms with Crippen molar-refractivity contribution in [2.75, 3.05) is 0 Å². The predicted molar refractivity (Wildman–Crippen MR) is 82.1 cm³/mol. The van der Waals surface area contributed by atoms with Crippen molar-refractivity contribution in [1.82, 2.24) is 0 Å². The van der Waals surface area contributed by atoms with Crippen molar-refractivity contribution in [3.05, 3.63) is 70.7 Å². The van der Waals surface area contributed by atoms with E-state index in [1.54, 1.807) is 48.5 Å². The normalized spacial score (nSPS) is 21.4. The molecule has 2 aromatic rings. The van der Waals surface area contributed by atoms with Gasteiger partial charge in [-0.1, -0.05) is 54.1 Å². The Bertz CT molecular complexity index is 786. The molecule has 2 atom stereocenters. The summed E-state index contributed by atoms with van der Waals surface area (Å²) in [6, 6.07) is 19.8. The molecule has 0 amide bonds. The number of carbonyl (C=O) groups excluding carboxylic acids is 1. The zero-order valence-corrected chi connectivity index (χ0v) is 12.3. The molecule has 3 rings (SSSR count). The number of benzene rings is 2. The maximum atomic E-state index is 12.7. The molecule has 1 fully saturated rings. The van der Waals surface area contributed by atoms with Crippen LogP contribution in [0.25, 0.3) is 0 Å². The van der Waals surface area contributed by atoms with Crippen LogP contribution in [0, 0.1) is 34.0 Å². The molecule has 0 N–H and O–H groups in total. The summed E-state index contributed by atoms with van der Waals surface area (Å²) < 4.78 is 0. The Labute approximate surface area is 133 Å². The summed E-state index contributed by atoms with van der Waals surface area (Å²) in [5, 5.41) is 19.5. The van der Waals surface area contributed by atoms with Gasteiger partial charge in [0.1, 0.15) is 0 Å². The summed E-state index contributed by atoms with van der Waals surface area (Å²) in [4.78, 5) is 12.7. The summed E-state index contributed by atoms with van der Waals surface area (Å²) in [5.41, 5.74) is 0.0291. The number of Topliss-reactive ketones (excluding diaryl/α,β-unsaturated/α-hetero) is 1. The topological polar surface area (TPSA) is 64.7 Å². The highest BCUT2D eigenvalue weighted by molar-refractivity contribution is 6.30. The maximum absolute atomic E-state index is 12.7. The molecule has 4 heteroatoms. The van der Waals surface area contributed by atoms with Gasteiger partial charge in [0.2, 0.25) is 0 Å². The van der Waals surface area contributed by atoms with Crippen molar-refractivity contribution in [2.24, 2.45) is 11.3 Å². The fraction of sp³-hybridized carbons (Fsp3) is 0.167. The van der Waals surface area contributed by atoms with E-state index in [9.17, 15) is 15.3 Å². The number of ketones is 1. The van der Waals surface area contributed by atoms with E-state index in [-0.39, 0.29) is 5.78 Å². The molecule has 0 heterocycles. The van der Waals surface area contributed by atoms with E-state index in [1.165, 1.54) is 0 Å². The SMILES string of the molecule is N#CC1(C#N)[C@H](C(=O)c2ccccc2)[C@H]1c1ccc(Cl)cc1. The first-order chi connectivity index (χ1) is 10.6. The lowest BCUT2D eigenvalue weighted by Crippen LogP contribution is -2.08. The second kappa shape index (κ2) is 5.30. The van der Waals surface area contributed by atoms with Gasteiger partial charge in [-0.25, -0.2) is 0 Å². The molecular weight excluding hydrogens is 296 g/mol. The maximum Gasteiger partial charge on any atom is 0.169 e. The number of nitriles is 2. The third kappa shape index (κ3) is 2.08. The van der Waals surface area contributed by atoms with Crippen LogP contribution in [0.15, 0.2) is 54.6 Å². The van der Waals surface area contributed by atoms with E-state index >= 15 is 0 Å². The summed E-state index contributed by atoms with van der Waals surface area (Å²) in [6.45, 7) is 0. The average Bonchev–Trinajstić information content (AvgIpc) is 3.25. The van der Waals surface area contributed by atoms with Crippen LogP contribution in [-0.2, 0) is 0 Å². The van der Waals surface area contributed by atoms with Gasteiger partial charge in [-0.2, -0.15) is 10.5 Å². The Morgan fingerprint density at radius 2 is 1.59 bits per heavy atom. The van der Waals surface area contributed by atoms with E-state index in [2.05, 4.69) is 12.1 Å². The molecule has 0 aromatic heterocycles. The summed E-state index contributed by atoms with van der Waals surface area (Å²) in [7, 11) is 0. The fourth-order valence-electron chi connectivity index (χ4n) is 2.96. The number of hydrogen-bond donors (Lipinski definition) is 0. The molecule has 2 aromatic carbocycles. The molecular formula is C18H11ClN2O. The minimum atomic E-state index is -1.29. The van der Waals surface area contributed by atoms with Crippen molar-refractivity contribution in [2.45, 2.75) is 5.92 Å². The second-order valence-corrected chi connectivity index (χ2v) is 5.77. The average molecular weight is 307 g/mol. The summed E-state index contributed by atoms with van der Waals surface area (Å²) in [5.74, 6) is -1.21. The van der Waals surface area contributed by atoms with E-state index in [0.717, 1.165) is 5.56 Å². The van der Waals surface area contributed by atoms with Crippen LogP contribution in [0.3, 0.4) is 0 Å². The van der Waals surface area contributed by atoms with Crippen LogP contribution in [0.5, 0.6) is 0 Å². The summed E-state index contributed by atoms with van der Waals surface area (Å²) in [6.07, 6.45) is 0. The summed E-state index contributed by atoms with van der Waals surface area (Å²) >= 11 is 5.87. The lowest BCUT2D eigenvalue weighted by molar-refractivity contribution is 0.0958. The molecule has 0 unspecified atom stereocenters. The van der Waals surface area contributed by atoms with Gasteiger partial charge in [0.15, 0.2) is 11.2 Å². The number of hydrogen-bond acceptors (Lipinski definition) is 3. The number of halogens is 1. The van der Waals surface area contributed by atoms with Crippen LogP contribution in [0.2, 0.25) is 5.02 Å². The van der Waals surface area contributed by atoms with E-state index < -0.39 is 17.3 Å². The van der Waals surface area contributed by atoms with Gasteiger partial charge >= 0.3 is 0 Å². The van der Waals surface area contributed by atoms with Crippen LogP contribution < -0.4 is 0 Å². The lowest BCUT2D eigenvalue weighted by Gasteiger charge is -2.00. The van der Waals surface area contributed by atoms with Crippen LogP contribution in [-0.4, -0.2) is 5.78 Å². The first-order valence-corrected chi connectivity index (χ1v) is 7.19. The van der Waals surface area contributed by atoms with Gasteiger partial charge in [0, 0.05) is 16.5 Å². The first-order valence-electron chi connectivity index (χ1n) is 6.81. The molecule has 0 spiro atoms. The Morgan fingerprint density at radius 1 is 1.00 bits per heavy atom. The van der Waals surface area contributed by atoms with Gasteiger partial charge in [0.05, 0.1) is 18.1 Å². The number of nitrogens with zero attached hydrogens (tertiary/aromatic N) is 2. The largest absolute Gasteiger partial charge is 0.294 e. The Morgan fingerprint density at radius 3 is 2.14 bits per heavy atom. The minimum Gasteiger partial charge on any atom is -0.294 e. The first kappa shape index (κ1) is 14.3. The zero-order chi connectivity index (χ0) is 15.7. The van der Waals surface area contributed by atoms with E-state index in [4.69, 9.17) is 11.6 Å². The molecule has 0 saturated heterocycles.